The number of H-pyrrole nitrogens is 1. The molecule has 0 fully saturated rings. The van der Waals surface area contributed by atoms with Crippen molar-refractivity contribution in [3.05, 3.63) is 57.5 Å². The van der Waals surface area contributed by atoms with Gasteiger partial charge in [0.25, 0.3) is 5.56 Å². The van der Waals surface area contributed by atoms with Crippen LogP contribution in [0.25, 0.3) is 10.9 Å². The molecule has 0 amide bonds. The van der Waals surface area contributed by atoms with Crippen LogP contribution < -0.4 is 15.2 Å². The Morgan fingerprint density at radius 2 is 1.94 bits per heavy atom. The Morgan fingerprint density at radius 3 is 2.58 bits per heavy atom. The van der Waals surface area contributed by atoms with E-state index in [0.717, 1.165) is 11.6 Å². The van der Waals surface area contributed by atoms with Gasteiger partial charge < -0.3 is 10.3 Å². The third-order valence-corrected chi connectivity index (χ3v) is 5.91. The van der Waals surface area contributed by atoms with Crippen LogP contribution >= 0.6 is 11.6 Å². The van der Waals surface area contributed by atoms with Crippen molar-refractivity contribution in [2.75, 3.05) is 22.4 Å². The van der Waals surface area contributed by atoms with E-state index in [2.05, 4.69) is 20.3 Å². The summed E-state index contributed by atoms with van der Waals surface area (Å²) in [5.41, 5.74) is 0.665. The van der Waals surface area contributed by atoms with E-state index in [-0.39, 0.29) is 29.3 Å². The van der Waals surface area contributed by atoms with Gasteiger partial charge in [0.2, 0.25) is 16.0 Å². The Bertz CT molecular complexity index is 1270. The van der Waals surface area contributed by atoms with E-state index in [9.17, 15) is 13.2 Å². The zero-order valence-electron chi connectivity index (χ0n) is 18.1. The molecule has 0 saturated heterocycles. The SMILES string of the molecule is C[C@H](Nc1nccc(N(CC(C)(C)C)S(C)(=O)=O)n1)c1cc2cc(Cl)ccc2[nH]c1=O. The minimum atomic E-state index is -3.54. The Morgan fingerprint density at radius 1 is 1.23 bits per heavy atom. The highest BCUT2D eigenvalue weighted by atomic mass is 35.5. The molecule has 0 saturated carbocycles. The van der Waals surface area contributed by atoms with Gasteiger partial charge in [-0.2, -0.15) is 4.98 Å². The third kappa shape index (κ3) is 5.74. The summed E-state index contributed by atoms with van der Waals surface area (Å²) in [6.45, 7) is 7.92. The van der Waals surface area contributed by atoms with E-state index in [1.165, 1.54) is 10.5 Å². The summed E-state index contributed by atoms with van der Waals surface area (Å²) in [6, 6.07) is 8.12. The van der Waals surface area contributed by atoms with Crippen molar-refractivity contribution in [3.63, 3.8) is 0 Å². The van der Waals surface area contributed by atoms with Crippen molar-refractivity contribution in [2.45, 2.75) is 33.7 Å². The van der Waals surface area contributed by atoms with E-state index >= 15 is 0 Å². The van der Waals surface area contributed by atoms with Crippen molar-refractivity contribution in [2.24, 2.45) is 5.41 Å². The van der Waals surface area contributed by atoms with Crippen molar-refractivity contribution < 1.29 is 8.42 Å². The molecule has 3 rings (SSSR count). The largest absolute Gasteiger partial charge is 0.347 e. The lowest BCUT2D eigenvalue weighted by molar-refractivity contribution is 0.425. The molecule has 2 N–H and O–H groups in total. The molecule has 166 valence electrons. The lowest BCUT2D eigenvalue weighted by atomic mass is 9.97. The molecule has 10 heteroatoms. The number of fused-ring (bicyclic) bond motifs is 1. The molecule has 3 aromatic rings. The maximum atomic E-state index is 12.6. The molecule has 0 unspecified atom stereocenters. The molecule has 0 spiro atoms. The number of pyridine rings is 1. The Hall–Kier alpha value is -2.65. The molecular weight excluding hydrogens is 438 g/mol. The highest BCUT2D eigenvalue weighted by molar-refractivity contribution is 7.92. The zero-order chi connectivity index (χ0) is 23.0. The van der Waals surface area contributed by atoms with Crippen molar-refractivity contribution >= 4 is 44.3 Å². The molecular formula is C21H26ClN5O3S. The number of hydrogen-bond donors (Lipinski definition) is 2. The summed E-state index contributed by atoms with van der Waals surface area (Å²) in [5, 5.41) is 4.47. The molecule has 2 aromatic heterocycles. The quantitative estimate of drug-likeness (QED) is 0.572. The average Bonchev–Trinajstić information content (AvgIpc) is 2.64. The van der Waals surface area contributed by atoms with Gasteiger partial charge in [-0.25, -0.2) is 13.4 Å². The fourth-order valence-corrected chi connectivity index (χ4v) is 4.39. The van der Waals surface area contributed by atoms with E-state index in [4.69, 9.17) is 11.6 Å². The number of nitrogens with zero attached hydrogens (tertiary/aromatic N) is 3. The van der Waals surface area contributed by atoms with Gasteiger partial charge in [-0.1, -0.05) is 32.4 Å². The number of sulfonamides is 1. The van der Waals surface area contributed by atoms with Crippen LogP contribution in [-0.2, 0) is 10.0 Å². The molecule has 2 heterocycles. The fraction of sp³-hybridized carbons (Fsp3) is 0.381. The van der Waals surface area contributed by atoms with Crippen LogP contribution in [0, 0.1) is 5.41 Å². The summed E-state index contributed by atoms with van der Waals surface area (Å²) in [4.78, 5) is 24.0. The van der Waals surface area contributed by atoms with Gasteiger partial charge in [-0.05, 0) is 36.6 Å². The number of aromatic nitrogens is 3. The molecule has 0 bridgehead atoms. The van der Waals surface area contributed by atoms with Crippen LogP contribution in [0.2, 0.25) is 5.02 Å². The van der Waals surface area contributed by atoms with E-state index in [0.29, 0.717) is 16.1 Å². The zero-order valence-corrected chi connectivity index (χ0v) is 19.7. The van der Waals surface area contributed by atoms with Crippen LogP contribution in [0.3, 0.4) is 0 Å². The summed E-state index contributed by atoms with van der Waals surface area (Å²) in [7, 11) is -3.54. The van der Waals surface area contributed by atoms with Crippen molar-refractivity contribution in [1.29, 1.82) is 0 Å². The molecule has 1 atom stereocenters. The fourth-order valence-electron chi connectivity index (χ4n) is 3.14. The van der Waals surface area contributed by atoms with Gasteiger partial charge in [0, 0.05) is 40.3 Å². The van der Waals surface area contributed by atoms with Gasteiger partial charge in [0.15, 0.2) is 0 Å². The number of rotatable bonds is 6. The summed E-state index contributed by atoms with van der Waals surface area (Å²) in [5.74, 6) is 0.486. The van der Waals surface area contributed by atoms with Crippen LogP contribution in [0.5, 0.6) is 0 Å². The van der Waals surface area contributed by atoms with Crippen LogP contribution in [0.4, 0.5) is 11.8 Å². The number of hydrogen-bond acceptors (Lipinski definition) is 6. The molecule has 31 heavy (non-hydrogen) atoms. The second-order valence-corrected chi connectivity index (χ2v) is 11.1. The normalized spacial score (nSPS) is 13.2. The predicted octanol–water partition coefficient (Wildman–Crippen LogP) is 3.96. The molecule has 1 aromatic carbocycles. The van der Waals surface area contributed by atoms with E-state index < -0.39 is 16.1 Å². The first-order valence-corrected chi connectivity index (χ1v) is 12.0. The van der Waals surface area contributed by atoms with Gasteiger partial charge in [-0.15, -0.1) is 0 Å². The van der Waals surface area contributed by atoms with Crippen LogP contribution in [0.1, 0.15) is 39.3 Å². The van der Waals surface area contributed by atoms with Crippen molar-refractivity contribution in [3.8, 4) is 0 Å². The number of aromatic amines is 1. The first-order chi connectivity index (χ1) is 14.3. The second-order valence-electron chi connectivity index (χ2n) is 8.72. The molecule has 0 radical (unpaired) electrons. The Labute approximate surface area is 186 Å². The minimum absolute atomic E-state index is 0.221. The Kier molecular flexibility index (Phi) is 6.29. The number of anilines is 2. The maximum Gasteiger partial charge on any atom is 0.253 e. The van der Waals surface area contributed by atoms with Gasteiger partial charge in [0.05, 0.1) is 12.3 Å². The van der Waals surface area contributed by atoms with Crippen LogP contribution in [0.15, 0.2) is 41.3 Å². The van der Waals surface area contributed by atoms with Crippen LogP contribution in [-0.4, -0.2) is 36.2 Å². The summed E-state index contributed by atoms with van der Waals surface area (Å²) in [6.07, 6.45) is 2.64. The lowest BCUT2D eigenvalue weighted by Gasteiger charge is -2.29. The predicted molar refractivity (Wildman–Crippen MR) is 125 cm³/mol. The third-order valence-electron chi connectivity index (χ3n) is 4.56. The number of nitrogens with one attached hydrogen (secondary N) is 2. The number of halogens is 1. The topological polar surface area (TPSA) is 108 Å². The average molecular weight is 464 g/mol. The lowest BCUT2D eigenvalue weighted by Crippen LogP contribution is -2.37. The van der Waals surface area contributed by atoms with Gasteiger partial charge in [0.1, 0.15) is 5.82 Å². The van der Waals surface area contributed by atoms with E-state index in [1.807, 2.05) is 20.8 Å². The Balaban J connectivity index is 1.92. The van der Waals surface area contributed by atoms with Crippen molar-refractivity contribution in [1.82, 2.24) is 15.0 Å². The smallest absolute Gasteiger partial charge is 0.253 e. The standard InChI is InChI=1S/C21H26ClN5O3S/c1-13(16-11-14-10-15(22)6-7-17(14)25-19(16)28)24-20-23-9-8-18(26-20)27(31(5,29)30)12-21(2,3)4/h6-11,13H,12H2,1-5H3,(H,25,28)(H,23,24,26)/t13-/m0/s1. The maximum absolute atomic E-state index is 12.6. The summed E-state index contributed by atoms with van der Waals surface area (Å²) < 4.78 is 26.0. The molecule has 8 nitrogen and oxygen atoms in total. The minimum Gasteiger partial charge on any atom is -0.347 e. The highest BCUT2D eigenvalue weighted by Crippen LogP contribution is 2.25. The molecule has 0 aliphatic carbocycles. The second kappa shape index (κ2) is 8.47. The summed E-state index contributed by atoms with van der Waals surface area (Å²) >= 11 is 6.07. The monoisotopic (exact) mass is 463 g/mol. The first-order valence-electron chi connectivity index (χ1n) is 9.73. The van der Waals surface area contributed by atoms with Gasteiger partial charge in [-0.3, -0.25) is 9.10 Å². The molecule has 0 aliphatic rings. The molecule has 0 aliphatic heterocycles. The van der Waals surface area contributed by atoms with E-state index in [1.54, 1.807) is 37.3 Å². The highest BCUT2D eigenvalue weighted by Gasteiger charge is 2.25. The number of benzene rings is 1. The first kappa shape index (κ1) is 23.0. The van der Waals surface area contributed by atoms with Gasteiger partial charge >= 0.3 is 0 Å².